The molecule has 0 radical (unpaired) electrons. The highest BCUT2D eigenvalue weighted by atomic mass is 16.5. The van der Waals surface area contributed by atoms with Crippen LogP contribution < -0.4 is 10.5 Å². The molecular weight excluding hydrogens is 232 g/mol. The van der Waals surface area contributed by atoms with Gasteiger partial charge >= 0.3 is 0 Å². The van der Waals surface area contributed by atoms with Crippen LogP contribution >= 0.6 is 0 Å². The Labute approximate surface area is 107 Å². The number of hydrogen-bond acceptors (Lipinski definition) is 4. The molecule has 1 rings (SSSR count). The van der Waals surface area contributed by atoms with Gasteiger partial charge in [0, 0.05) is 19.2 Å². The van der Waals surface area contributed by atoms with E-state index in [1.165, 1.54) is 0 Å². The minimum absolute atomic E-state index is 0.0297. The maximum absolute atomic E-state index is 11.7. The molecule has 0 fully saturated rings. The van der Waals surface area contributed by atoms with Gasteiger partial charge in [-0.05, 0) is 19.0 Å². The van der Waals surface area contributed by atoms with Crippen molar-refractivity contribution in [2.75, 3.05) is 26.7 Å². The van der Waals surface area contributed by atoms with E-state index in [1.54, 1.807) is 30.1 Å². The summed E-state index contributed by atoms with van der Waals surface area (Å²) in [6.45, 7) is 1.05. The number of aliphatic hydroxyl groups excluding tert-OH is 1. The van der Waals surface area contributed by atoms with Crippen molar-refractivity contribution in [1.29, 1.82) is 0 Å². The van der Waals surface area contributed by atoms with Crippen molar-refractivity contribution in [3.05, 3.63) is 29.8 Å². The number of nitrogens with zero attached hydrogens (tertiary/aromatic N) is 1. The first-order valence-electron chi connectivity index (χ1n) is 5.94. The van der Waals surface area contributed by atoms with E-state index in [0.29, 0.717) is 24.4 Å². The van der Waals surface area contributed by atoms with E-state index in [9.17, 15) is 4.79 Å². The highest BCUT2D eigenvalue weighted by Crippen LogP contribution is 2.17. The molecule has 0 spiro atoms. The first-order chi connectivity index (χ1) is 8.69. The van der Waals surface area contributed by atoms with E-state index < -0.39 is 0 Å². The Hall–Kier alpha value is -1.59. The van der Waals surface area contributed by atoms with Gasteiger partial charge in [0.05, 0.1) is 6.61 Å². The zero-order valence-electron chi connectivity index (χ0n) is 10.6. The Morgan fingerprint density at radius 2 is 2.17 bits per heavy atom. The minimum atomic E-state index is -0.104. The summed E-state index contributed by atoms with van der Waals surface area (Å²) in [5.74, 6) is 0.441. The summed E-state index contributed by atoms with van der Waals surface area (Å²) in [6, 6.07) is 7.11. The van der Waals surface area contributed by atoms with Gasteiger partial charge in [-0.1, -0.05) is 18.2 Å². The van der Waals surface area contributed by atoms with E-state index in [1.807, 2.05) is 6.07 Å². The van der Waals surface area contributed by atoms with Crippen molar-refractivity contribution in [2.45, 2.75) is 13.0 Å². The van der Waals surface area contributed by atoms with Crippen LogP contribution in [0.1, 0.15) is 12.0 Å². The third kappa shape index (κ3) is 4.35. The molecular formula is C13H20N2O3. The van der Waals surface area contributed by atoms with Gasteiger partial charge < -0.3 is 20.5 Å². The standard InChI is InChI=1S/C13H20N2O3/c1-15(8-4-7-14)13(17)10-18-12-6-3-2-5-11(12)9-16/h2-3,5-6,16H,4,7-10,14H2,1H3. The molecule has 100 valence electrons. The fraction of sp³-hybridized carbons (Fsp3) is 0.462. The molecule has 1 aromatic rings. The molecule has 0 bridgehead atoms. The van der Waals surface area contributed by atoms with Crippen molar-refractivity contribution in [3.8, 4) is 5.75 Å². The zero-order valence-corrected chi connectivity index (χ0v) is 10.6. The molecule has 0 aromatic heterocycles. The number of carbonyl (C=O) groups excluding carboxylic acids is 1. The second-order valence-corrected chi connectivity index (χ2v) is 4.01. The molecule has 5 nitrogen and oxygen atoms in total. The largest absolute Gasteiger partial charge is 0.483 e. The number of benzene rings is 1. The number of aliphatic hydroxyl groups is 1. The Morgan fingerprint density at radius 3 is 2.83 bits per heavy atom. The van der Waals surface area contributed by atoms with Gasteiger partial charge in [0.1, 0.15) is 5.75 Å². The van der Waals surface area contributed by atoms with Crippen LogP contribution in [0.5, 0.6) is 5.75 Å². The molecule has 0 aliphatic rings. The second-order valence-electron chi connectivity index (χ2n) is 4.01. The average Bonchev–Trinajstić information content (AvgIpc) is 2.42. The van der Waals surface area contributed by atoms with Gasteiger partial charge in [0.2, 0.25) is 0 Å². The van der Waals surface area contributed by atoms with E-state index >= 15 is 0 Å². The van der Waals surface area contributed by atoms with Crippen molar-refractivity contribution in [3.63, 3.8) is 0 Å². The number of rotatable bonds is 7. The lowest BCUT2D eigenvalue weighted by Crippen LogP contribution is -2.33. The normalized spacial score (nSPS) is 10.2. The number of likely N-dealkylation sites (N-methyl/N-ethyl adjacent to an activating group) is 1. The molecule has 1 amide bonds. The third-order valence-corrected chi connectivity index (χ3v) is 2.62. The SMILES string of the molecule is CN(CCCN)C(=O)COc1ccccc1CO. The summed E-state index contributed by atoms with van der Waals surface area (Å²) >= 11 is 0. The summed E-state index contributed by atoms with van der Waals surface area (Å²) < 4.78 is 5.41. The van der Waals surface area contributed by atoms with Gasteiger partial charge in [-0.2, -0.15) is 0 Å². The van der Waals surface area contributed by atoms with Crippen LogP contribution in [0.4, 0.5) is 0 Å². The molecule has 3 N–H and O–H groups in total. The molecule has 18 heavy (non-hydrogen) atoms. The van der Waals surface area contributed by atoms with Crippen molar-refractivity contribution >= 4 is 5.91 Å². The van der Waals surface area contributed by atoms with Crippen LogP contribution in [0, 0.1) is 0 Å². The van der Waals surface area contributed by atoms with E-state index in [4.69, 9.17) is 15.6 Å². The van der Waals surface area contributed by atoms with Gasteiger partial charge in [-0.15, -0.1) is 0 Å². The Balaban J connectivity index is 2.46. The second kappa shape index (κ2) is 7.68. The van der Waals surface area contributed by atoms with Gasteiger partial charge in [-0.3, -0.25) is 4.79 Å². The van der Waals surface area contributed by atoms with Crippen LogP contribution in [-0.4, -0.2) is 42.7 Å². The van der Waals surface area contributed by atoms with Crippen molar-refractivity contribution < 1.29 is 14.6 Å². The molecule has 0 aliphatic heterocycles. The van der Waals surface area contributed by atoms with Crippen LogP contribution in [0.25, 0.3) is 0 Å². The lowest BCUT2D eigenvalue weighted by Gasteiger charge is -2.17. The van der Waals surface area contributed by atoms with Crippen LogP contribution in [0.2, 0.25) is 0 Å². The molecule has 0 aliphatic carbocycles. The molecule has 0 heterocycles. The summed E-state index contributed by atoms with van der Waals surface area (Å²) in [6.07, 6.45) is 0.773. The number of ether oxygens (including phenoxy) is 1. The number of amides is 1. The lowest BCUT2D eigenvalue weighted by molar-refractivity contribution is -0.132. The molecule has 0 atom stereocenters. The first kappa shape index (κ1) is 14.5. The fourth-order valence-electron chi connectivity index (χ4n) is 1.48. The van der Waals surface area contributed by atoms with Crippen LogP contribution in [0.3, 0.4) is 0 Å². The summed E-state index contributed by atoms with van der Waals surface area (Å²) in [5.41, 5.74) is 6.06. The quantitative estimate of drug-likeness (QED) is 0.735. The zero-order chi connectivity index (χ0) is 13.4. The van der Waals surface area contributed by atoms with Crippen molar-refractivity contribution in [1.82, 2.24) is 4.90 Å². The maximum atomic E-state index is 11.7. The molecule has 0 unspecified atom stereocenters. The summed E-state index contributed by atoms with van der Waals surface area (Å²) in [5, 5.41) is 9.12. The molecule has 5 heteroatoms. The molecule has 0 saturated carbocycles. The Morgan fingerprint density at radius 1 is 1.44 bits per heavy atom. The predicted octanol–water partition coefficient (Wildman–Crippen LogP) is 0.365. The Kier molecular flexibility index (Phi) is 6.18. The smallest absolute Gasteiger partial charge is 0.260 e. The van der Waals surface area contributed by atoms with E-state index in [0.717, 1.165) is 6.42 Å². The summed E-state index contributed by atoms with van der Waals surface area (Å²) in [4.78, 5) is 13.3. The minimum Gasteiger partial charge on any atom is -0.483 e. The van der Waals surface area contributed by atoms with Crippen LogP contribution in [-0.2, 0) is 11.4 Å². The number of nitrogens with two attached hydrogens (primary N) is 1. The monoisotopic (exact) mass is 252 g/mol. The Bertz CT molecular complexity index is 382. The van der Waals surface area contributed by atoms with Gasteiger partial charge in [0.15, 0.2) is 6.61 Å². The third-order valence-electron chi connectivity index (χ3n) is 2.62. The topological polar surface area (TPSA) is 75.8 Å². The summed E-state index contributed by atoms with van der Waals surface area (Å²) in [7, 11) is 1.72. The number of carbonyl (C=O) groups is 1. The first-order valence-corrected chi connectivity index (χ1v) is 5.94. The highest BCUT2D eigenvalue weighted by Gasteiger charge is 2.10. The van der Waals surface area contributed by atoms with Crippen LogP contribution in [0.15, 0.2) is 24.3 Å². The molecule has 1 aromatic carbocycles. The highest BCUT2D eigenvalue weighted by molar-refractivity contribution is 5.77. The average molecular weight is 252 g/mol. The van der Waals surface area contributed by atoms with Gasteiger partial charge in [0.25, 0.3) is 5.91 Å². The number of para-hydroxylation sites is 1. The van der Waals surface area contributed by atoms with Crippen molar-refractivity contribution in [2.24, 2.45) is 5.73 Å². The molecule has 0 saturated heterocycles. The van der Waals surface area contributed by atoms with Gasteiger partial charge in [-0.25, -0.2) is 0 Å². The fourth-order valence-corrected chi connectivity index (χ4v) is 1.48. The van der Waals surface area contributed by atoms with E-state index in [-0.39, 0.29) is 19.1 Å². The maximum Gasteiger partial charge on any atom is 0.260 e. The number of hydrogen-bond donors (Lipinski definition) is 2. The lowest BCUT2D eigenvalue weighted by atomic mass is 10.2. The van der Waals surface area contributed by atoms with E-state index in [2.05, 4.69) is 0 Å². The predicted molar refractivity (Wildman–Crippen MR) is 69.2 cm³/mol.